The number of hydrogen-bond acceptors (Lipinski definition) is 2. The van der Waals surface area contributed by atoms with E-state index >= 15 is 0 Å². The number of aliphatic imine (C=N–C) groups is 1. The molecule has 0 aliphatic heterocycles. The summed E-state index contributed by atoms with van der Waals surface area (Å²) in [4.78, 5) is 4.28. The number of halogens is 3. The van der Waals surface area contributed by atoms with Crippen LogP contribution in [0.5, 0.6) is 0 Å². The zero-order valence-electron chi connectivity index (χ0n) is 13.1. The van der Waals surface area contributed by atoms with Gasteiger partial charge < -0.3 is 15.7 Å². The molecule has 7 heteroatoms. The van der Waals surface area contributed by atoms with Gasteiger partial charge in [-0.1, -0.05) is 12.1 Å². The molecule has 0 saturated heterocycles. The summed E-state index contributed by atoms with van der Waals surface area (Å²) in [6, 6.07) is 5.14. The number of nitrogens with zero attached hydrogens (tertiary/aromatic N) is 1. The second-order valence-corrected chi connectivity index (χ2v) is 5.82. The van der Waals surface area contributed by atoms with Crippen LogP contribution in [0.15, 0.2) is 29.3 Å². The van der Waals surface area contributed by atoms with E-state index in [-0.39, 0.29) is 6.54 Å². The van der Waals surface area contributed by atoms with Gasteiger partial charge in [-0.3, -0.25) is 0 Å². The van der Waals surface area contributed by atoms with Crippen LogP contribution in [0.1, 0.15) is 37.3 Å². The molecule has 0 radical (unpaired) electrons. The number of alkyl halides is 3. The third kappa shape index (κ3) is 5.13. The Morgan fingerprint density at radius 1 is 1.30 bits per heavy atom. The van der Waals surface area contributed by atoms with E-state index < -0.39 is 17.3 Å². The molecule has 0 aromatic heterocycles. The topological polar surface area (TPSA) is 56.7 Å². The van der Waals surface area contributed by atoms with Crippen molar-refractivity contribution in [1.29, 1.82) is 0 Å². The highest BCUT2D eigenvalue weighted by atomic mass is 19.4. The minimum absolute atomic E-state index is 0.137. The summed E-state index contributed by atoms with van der Waals surface area (Å²) in [5, 5.41) is 16.1. The molecular weight excluding hydrogens is 307 g/mol. The van der Waals surface area contributed by atoms with E-state index in [4.69, 9.17) is 0 Å². The van der Waals surface area contributed by atoms with E-state index in [0.717, 1.165) is 31.4 Å². The second kappa shape index (κ2) is 7.21. The molecule has 1 aliphatic carbocycles. The monoisotopic (exact) mass is 329 g/mol. The predicted octanol–water partition coefficient (Wildman–Crippen LogP) is 2.68. The zero-order chi connectivity index (χ0) is 16.9. The Morgan fingerprint density at radius 2 is 2.04 bits per heavy atom. The van der Waals surface area contributed by atoms with Crippen LogP contribution < -0.4 is 10.6 Å². The molecule has 1 fully saturated rings. The first-order chi connectivity index (χ1) is 10.8. The van der Waals surface area contributed by atoms with Crippen molar-refractivity contribution in [1.82, 2.24) is 10.6 Å². The van der Waals surface area contributed by atoms with Gasteiger partial charge in [0.15, 0.2) is 5.96 Å². The maximum atomic E-state index is 12.7. The maximum Gasteiger partial charge on any atom is 0.416 e. The third-order valence-electron chi connectivity index (χ3n) is 3.89. The van der Waals surface area contributed by atoms with Crippen molar-refractivity contribution in [2.45, 2.75) is 44.5 Å². The highest BCUT2D eigenvalue weighted by Crippen LogP contribution is 2.31. The molecule has 23 heavy (non-hydrogen) atoms. The minimum Gasteiger partial charge on any atom is -0.388 e. The highest BCUT2D eigenvalue weighted by Gasteiger charge is 2.34. The van der Waals surface area contributed by atoms with Crippen molar-refractivity contribution >= 4 is 5.96 Å². The Morgan fingerprint density at radius 3 is 2.61 bits per heavy atom. The summed E-state index contributed by atoms with van der Waals surface area (Å²) in [7, 11) is 0. The molecule has 1 aromatic rings. The largest absolute Gasteiger partial charge is 0.416 e. The quantitative estimate of drug-likeness (QED) is 0.575. The first kappa shape index (κ1) is 17.6. The first-order valence-electron chi connectivity index (χ1n) is 7.73. The summed E-state index contributed by atoms with van der Waals surface area (Å²) < 4.78 is 38.1. The Labute approximate surface area is 133 Å². The molecule has 128 valence electrons. The number of rotatable bonds is 5. The van der Waals surface area contributed by atoms with Crippen molar-refractivity contribution < 1.29 is 18.3 Å². The van der Waals surface area contributed by atoms with E-state index in [2.05, 4.69) is 15.6 Å². The fourth-order valence-corrected chi connectivity index (χ4v) is 2.37. The van der Waals surface area contributed by atoms with E-state index in [1.807, 2.05) is 6.92 Å². The molecule has 1 saturated carbocycles. The molecule has 0 amide bonds. The number of nitrogens with one attached hydrogen (secondary N) is 2. The summed E-state index contributed by atoms with van der Waals surface area (Å²) in [5.74, 6) is 0.491. The molecule has 1 aliphatic rings. The lowest BCUT2D eigenvalue weighted by Crippen LogP contribution is -2.50. The van der Waals surface area contributed by atoms with E-state index in [9.17, 15) is 18.3 Å². The molecule has 0 spiro atoms. The lowest BCUT2D eigenvalue weighted by atomic mass is 9.80. The van der Waals surface area contributed by atoms with Crippen LogP contribution in [0.3, 0.4) is 0 Å². The van der Waals surface area contributed by atoms with E-state index in [1.54, 1.807) is 6.07 Å². The fraction of sp³-hybridized carbons (Fsp3) is 0.562. The zero-order valence-corrected chi connectivity index (χ0v) is 13.1. The van der Waals surface area contributed by atoms with Crippen LogP contribution in [0.25, 0.3) is 0 Å². The van der Waals surface area contributed by atoms with Gasteiger partial charge >= 0.3 is 6.18 Å². The summed E-state index contributed by atoms with van der Waals surface area (Å²) in [6.45, 7) is 3.06. The molecule has 4 nitrogen and oxygen atoms in total. The molecule has 0 unspecified atom stereocenters. The van der Waals surface area contributed by atoms with Crippen molar-refractivity contribution in [3.8, 4) is 0 Å². The first-order valence-corrected chi connectivity index (χ1v) is 7.73. The molecule has 3 N–H and O–H groups in total. The molecule has 0 heterocycles. The van der Waals surface area contributed by atoms with Crippen LogP contribution >= 0.6 is 0 Å². The average Bonchev–Trinajstić information content (AvgIpc) is 2.47. The normalized spacial score (nSPS) is 17.5. The van der Waals surface area contributed by atoms with Gasteiger partial charge in [0, 0.05) is 13.1 Å². The lowest BCUT2D eigenvalue weighted by Gasteiger charge is -2.37. The predicted molar refractivity (Wildman–Crippen MR) is 83.1 cm³/mol. The number of guanidine groups is 1. The van der Waals surface area contributed by atoms with Crippen LogP contribution in [0, 0.1) is 0 Å². The van der Waals surface area contributed by atoms with Gasteiger partial charge in [-0.2, -0.15) is 13.2 Å². The fourth-order valence-electron chi connectivity index (χ4n) is 2.37. The van der Waals surface area contributed by atoms with Gasteiger partial charge in [0.2, 0.25) is 0 Å². The average molecular weight is 329 g/mol. The van der Waals surface area contributed by atoms with Crippen molar-refractivity contribution in [3.63, 3.8) is 0 Å². The Balaban J connectivity index is 1.99. The molecule has 0 atom stereocenters. The van der Waals surface area contributed by atoms with Gasteiger partial charge in [0.25, 0.3) is 0 Å². The summed E-state index contributed by atoms with van der Waals surface area (Å²) >= 11 is 0. The summed E-state index contributed by atoms with van der Waals surface area (Å²) in [6.07, 6.45) is -1.83. The van der Waals surface area contributed by atoms with Crippen molar-refractivity contribution in [3.05, 3.63) is 35.4 Å². The van der Waals surface area contributed by atoms with E-state index in [0.29, 0.717) is 24.6 Å². The number of hydrogen-bond donors (Lipinski definition) is 3. The Kier molecular flexibility index (Phi) is 5.51. The third-order valence-corrected chi connectivity index (χ3v) is 3.89. The number of aliphatic hydroxyl groups is 1. The molecule has 0 bridgehead atoms. The van der Waals surface area contributed by atoms with Gasteiger partial charge in [-0.25, -0.2) is 4.99 Å². The van der Waals surface area contributed by atoms with Crippen molar-refractivity contribution in [2.75, 3.05) is 13.1 Å². The van der Waals surface area contributed by atoms with Gasteiger partial charge in [0.1, 0.15) is 0 Å². The van der Waals surface area contributed by atoms with Gasteiger partial charge in [0.05, 0.1) is 17.7 Å². The molecular formula is C16H22F3N3O. The smallest absolute Gasteiger partial charge is 0.388 e. The number of benzene rings is 1. The van der Waals surface area contributed by atoms with Crippen molar-refractivity contribution in [2.24, 2.45) is 4.99 Å². The van der Waals surface area contributed by atoms with E-state index in [1.165, 1.54) is 6.07 Å². The Hall–Kier alpha value is -1.76. The van der Waals surface area contributed by atoms with Crippen LogP contribution in [-0.4, -0.2) is 29.8 Å². The minimum atomic E-state index is -4.35. The standard InChI is InChI=1S/C16H22F3N3O/c1-2-20-14(22-11-15(23)7-4-8-15)21-10-12-5-3-6-13(9-12)16(17,18)19/h3,5-6,9,23H,2,4,7-8,10-11H2,1H3,(H2,20,21,22). The van der Waals surface area contributed by atoms with Crippen LogP contribution in [0.4, 0.5) is 13.2 Å². The molecule has 1 aromatic carbocycles. The van der Waals surface area contributed by atoms with Crippen LogP contribution in [-0.2, 0) is 12.7 Å². The van der Waals surface area contributed by atoms with Crippen LogP contribution in [0.2, 0.25) is 0 Å². The summed E-state index contributed by atoms with van der Waals surface area (Å²) in [5.41, 5.74) is -0.877. The second-order valence-electron chi connectivity index (χ2n) is 5.82. The highest BCUT2D eigenvalue weighted by molar-refractivity contribution is 5.79. The Bertz CT molecular complexity index is 554. The molecule has 2 rings (SSSR count). The van der Waals surface area contributed by atoms with Gasteiger partial charge in [-0.05, 0) is 43.9 Å². The lowest BCUT2D eigenvalue weighted by molar-refractivity contribution is -0.137. The van der Waals surface area contributed by atoms with Gasteiger partial charge in [-0.15, -0.1) is 0 Å². The SMILES string of the molecule is CCNC(=NCc1cccc(C(F)(F)F)c1)NCC1(O)CCC1. The maximum absolute atomic E-state index is 12.7.